The molecule has 0 heterocycles. The van der Waals surface area contributed by atoms with Gasteiger partial charge < -0.3 is 14.2 Å². The molecule has 0 aromatic rings. The maximum Gasteiger partial charge on any atom is 0.306 e. The number of allylic oxidation sites excluding steroid dienone is 14. The first kappa shape index (κ1) is 61.6. The van der Waals surface area contributed by atoms with E-state index in [2.05, 4.69) is 57.2 Å². The summed E-state index contributed by atoms with van der Waals surface area (Å²) in [5.41, 5.74) is 0. The Labute approximate surface area is 401 Å². The molecule has 1 unspecified atom stereocenters. The van der Waals surface area contributed by atoms with Crippen LogP contribution in [0.5, 0.6) is 0 Å². The molecule has 0 aliphatic carbocycles. The van der Waals surface area contributed by atoms with Crippen LogP contribution < -0.4 is 0 Å². The van der Waals surface area contributed by atoms with Crippen LogP contribution >= 0.6 is 0 Å². The molecule has 6 heteroatoms. The van der Waals surface area contributed by atoms with E-state index in [1.165, 1.54) is 122 Å². The van der Waals surface area contributed by atoms with Gasteiger partial charge >= 0.3 is 17.9 Å². The van der Waals surface area contributed by atoms with Crippen molar-refractivity contribution in [2.75, 3.05) is 13.2 Å². The fraction of sp³-hybridized carbons (Fsp3) is 0.712. The lowest BCUT2D eigenvalue weighted by atomic mass is 10.0. The minimum absolute atomic E-state index is 0.0976. The molecule has 0 radical (unpaired) electrons. The number of carbonyl (C=O) groups excluding carboxylic acids is 3. The maximum absolute atomic E-state index is 12.8. The van der Waals surface area contributed by atoms with E-state index in [9.17, 15) is 14.4 Å². The number of esters is 3. The van der Waals surface area contributed by atoms with Crippen LogP contribution in [0.3, 0.4) is 0 Å². The average Bonchev–Trinajstić information content (AvgIpc) is 3.30. The Bertz CT molecular complexity index is 1270. The van der Waals surface area contributed by atoms with Gasteiger partial charge in [-0.1, -0.05) is 254 Å². The highest BCUT2D eigenvalue weighted by Gasteiger charge is 2.19. The molecule has 0 saturated carbocycles. The minimum Gasteiger partial charge on any atom is -0.462 e. The van der Waals surface area contributed by atoms with Crippen LogP contribution in [0.1, 0.15) is 252 Å². The second-order valence-corrected chi connectivity index (χ2v) is 17.9. The Kier molecular flexibility index (Phi) is 50.4. The number of unbranched alkanes of at least 4 members (excludes halogenated alkanes) is 28. The van der Waals surface area contributed by atoms with Crippen molar-refractivity contribution < 1.29 is 28.6 Å². The zero-order valence-electron chi connectivity index (χ0n) is 42.5. The molecule has 6 nitrogen and oxygen atoms in total. The Hall–Kier alpha value is -3.41. The maximum atomic E-state index is 12.8. The Morgan fingerprint density at radius 3 is 0.969 bits per heavy atom. The lowest BCUT2D eigenvalue weighted by Crippen LogP contribution is -2.30. The van der Waals surface area contributed by atoms with Gasteiger partial charge in [0.05, 0.1) is 0 Å². The first-order valence-corrected chi connectivity index (χ1v) is 27.2. The van der Waals surface area contributed by atoms with Crippen LogP contribution in [0.4, 0.5) is 0 Å². The third-order valence-electron chi connectivity index (χ3n) is 11.5. The van der Waals surface area contributed by atoms with E-state index < -0.39 is 6.10 Å². The lowest BCUT2D eigenvalue weighted by molar-refractivity contribution is -0.167. The van der Waals surface area contributed by atoms with Gasteiger partial charge in [-0.2, -0.15) is 0 Å². The summed E-state index contributed by atoms with van der Waals surface area (Å²) in [5, 5.41) is 0. The molecule has 65 heavy (non-hydrogen) atoms. The third kappa shape index (κ3) is 51.4. The Morgan fingerprint density at radius 2 is 0.600 bits per heavy atom. The van der Waals surface area contributed by atoms with Crippen molar-refractivity contribution in [2.45, 2.75) is 258 Å². The van der Waals surface area contributed by atoms with Crippen LogP contribution in [0.25, 0.3) is 0 Å². The first-order valence-electron chi connectivity index (χ1n) is 27.2. The molecule has 0 aromatic carbocycles. The number of rotatable bonds is 48. The van der Waals surface area contributed by atoms with E-state index in [1.807, 2.05) is 48.6 Å². The molecule has 0 amide bonds. The minimum atomic E-state index is -0.804. The Morgan fingerprint density at radius 1 is 0.323 bits per heavy atom. The zero-order chi connectivity index (χ0) is 47.2. The van der Waals surface area contributed by atoms with Crippen LogP contribution in [0.2, 0.25) is 0 Å². The summed E-state index contributed by atoms with van der Waals surface area (Å²) in [4.78, 5) is 38.0. The van der Waals surface area contributed by atoms with Gasteiger partial charge in [0.2, 0.25) is 0 Å². The molecule has 0 rings (SSSR count). The van der Waals surface area contributed by atoms with Gasteiger partial charge in [0.25, 0.3) is 0 Å². The van der Waals surface area contributed by atoms with Crippen molar-refractivity contribution in [1.29, 1.82) is 0 Å². The number of hydrogen-bond acceptors (Lipinski definition) is 6. The summed E-state index contributed by atoms with van der Waals surface area (Å²) in [6, 6.07) is 0. The molecule has 1 atom stereocenters. The highest BCUT2D eigenvalue weighted by atomic mass is 16.6. The van der Waals surface area contributed by atoms with Gasteiger partial charge in [-0.15, -0.1) is 0 Å². The standard InChI is InChI=1S/C59H100O6/c1-4-7-10-13-16-19-22-25-28-29-30-32-34-37-40-43-46-49-52-58(61)64-55-56(54-63-57(60)51-48-45-42-39-36-33-27-24-21-18-15-12-9-6-3)65-59(62)53-50-47-44-41-38-35-31-26-23-20-17-14-11-8-5-2/h8,11,14,17,20,23,26,28-32,35,38,56H,4-7,9-10,12-13,15-16,18-19,21-22,24-25,27,33-34,36-37,39-55H2,1-3H3/b11-8-,17-14-,23-20-,29-28-,31-26-,32-30-,38-35-. The van der Waals surface area contributed by atoms with E-state index in [0.29, 0.717) is 19.3 Å². The van der Waals surface area contributed by atoms with Gasteiger partial charge in [0.15, 0.2) is 6.10 Å². The molecule has 0 bridgehead atoms. The molecule has 0 saturated heterocycles. The molecule has 372 valence electrons. The summed E-state index contributed by atoms with van der Waals surface area (Å²) in [6.45, 7) is 6.45. The van der Waals surface area contributed by atoms with Gasteiger partial charge in [0, 0.05) is 19.3 Å². The zero-order valence-corrected chi connectivity index (χ0v) is 42.5. The molecule has 0 fully saturated rings. The van der Waals surface area contributed by atoms with Crippen LogP contribution in [-0.2, 0) is 28.6 Å². The largest absolute Gasteiger partial charge is 0.462 e. The number of ether oxygens (including phenoxy) is 3. The predicted octanol–water partition coefficient (Wildman–Crippen LogP) is 18.0. The van der Waals surface area contributed by atoms with Crippen molar-refractivity contribution in [3.8, 4) is 0 Å². The van der Waals surface area contributed by atoms with Gasteiger partial charge in [0.1, 0.15) is 13.2 Å². The third-order valence-corrected chi connectivity index (χ3v) is 11.5. The van der Waals surface area contributed by atoms with Crippen LogP contribution in [0, 0.1) is 0 Å². The van der Waals surface area contributed by atoms with E-state index in [-0.39, 0.29) is 37.5 Å². The molecule has 0 aromatic heterocycles. The predicted molar refractivity (Wildman–Crippen MR) is 279 cm³/mol. The van der Waals surface area contributed by atoms with E-state index >= 15 is 0 Å². The second kappa shape index (κ2) is 53.2. The molecule has 0 spiro atoms. The van der Waals surface area contributed by atoms with Crippen LogP contribution in [-0.4, -0.2) is 37.2 Å². The fourth-order valence-corrected chi connectivity index (χ4v) is 7.45. The molecular weight excluding hydrogens is 805 g/mol. The van der Waals surface area contributed by atoms with E-state index in [4.69, 9.17) is 14.2 Å². The molecule has 0 aliphatic rings. The summed E-state index contributed by atoms with van der Waals surface area (Å²) in [7, 11) is 0. The Balaban J connectivity index is 4.47. The number of hydrogen-bond donors (Lipinski definition) is 0. The van der Waals surface area contributed by atoms with E-state index in [1.54, 1.807) is 0 Å². The van der Waals surface area contributed by atoms with Gasteiger partial charge in [-0.25, -0.2) is 0 Å². The van der Waals surface area contributed by atoms with E-state index in [0.717, 1.165) is 83.5 Å². The smallest absolute Gasteiger partial charge is 0.306 e. The molecule has 0 aliphatic heterocycles. The molecule has 0 N–H and O–H groups in total. The van der Waals surface area contributed by atoms with Crippen molar-refractivity contribution >= 4 is 17.9 Å². The quantitative estimate of drug-likeness (QED) is 0.0262. The first-order chi connectivity index (χ1) is 32.0. The SMILES string of the molecule is CC\C=C/C=C\C=C/C=C\C=C/CCCCCC(=O)OC(COC(=O)CCCCCCC/C=C\C=C/CCCCCCCCC)COC(=O)CCCCCCCCCCCCCCCC. The lowest BCUT2D eigenvalue weighted by Gasteiger charge is -2.18. The second-order valence-electron chi connectivity index (χ2n) is 17.9. The highest BCUT2D eigenvalue weighted by Crippen LogP contribution is 2.15. The van der Waals surface area contributed by atoms with Gasteiger partial charge in [-0.3, -0.25) is 14.4 Å². The summed E-state index contributed by atoms with van der Waals surface area (Å²) in [6.07, 6.45) is 68.5. The van der Waals surface area contributed by atoms with Crippen molar-refractivity contribution in [2.24, 2.45) is 0 Å². The van der Waals surface area contributed by atoms with Crippen LogP contribution in [0.15, 0.2) is 85.1 Å². The summed E-state index contributed by atoms with van der Waals surface area (Å²) in [5.74, 6) is -0.952. The monoisotopic (exact) mass is 905 g/mol. The average molecular weight is 905 g/mol. The summed E-state index contributed by atoms with van der Waals surface area (Å²) >= 11 is 0. The topological polar surface area (TPSA) is 78.9 Å². The van der Waals surface area contributed by atoms with Crippen molar-refractivity contribution in [3.05, 3.63) is 85.1 Å². The normalized spacial score (nSPS) is 12.7. The van der Waals surface area contributed by atoms with Crippen molar-refractivity contribution in [3.63, 3.8) is 0 Å². The fourth-order valence-electron chi connectivity index (χ4n) is 7.45. The van der Waals surface area contributed by atoms with Crippen molar-refractivity contribution in [1.82, 2.24) is 0 Å². The van der Waals surface area contributed by atoms with Gasteiger partial charge in [-0.05, 0) is 64.2 Å². The highest BCUT2D eigenvalue weighted by molar-refractivity contribution is 5.71. The molecular formula is C59H100O6. The summed E-state index contributed by atoms with van der Waals surface area (Å²) < 4.78 is 16.8. The number of carbonyl (C=O) groups is 3.